The summed E-state index contributed by atoms with van der Waals surface area (Å²) in [5, 5.41) is 20.6. The fourth-order valence-electron chi connectivity index (χ4n) is 4.03. The fourth-order valence-corrected chi connectivity index (χ4v) is 4.03. The maximum absolute atomic E-state index is 13.2. The number of nitriles is 1. The number of nitrogen functional groups attached to an aromatic ring is 2. The molecule has 2 aromatic heterocycles. The zero-order valence-corrected chi connectivity index (χ0v) is 15.4. The minimum Gasteiger partial charge on any atom is -0.507 e. The number of nitrogens with two attached hydrogens (primary N) is 2. The van der Waals surface area contributed by atoms with E-state index in [1.165, 1.54) is 4.57 Å². The van der Waals surface area contributed by atoms with Gasteiger partial charge in [0, 0.05) is 22.3 Å². The van der Waals surface area contributed by atoms with Crippen molar-refractivity contribution in [1.82, 2.24) is 9.55 Å². The van der Waals surface area contributed by atoms with E-state index in [1.54, 1.807) is 24.3 Å². The Labute approximate surface area is 165 Å². The molecule has 0 amide bonds. The van der Waals surface area contributed by atoms with Gasteiger partial charge in [-0.3, -0.25) is 9.36 Å². The summed E-state index contributed by atoms with van der Waals surface area (Å²) in [6.45, 7) is 1.90. The predicted molar refractivity (Wildman–Crippen MR) is 110 cm³/mol. The van der Waals surface area contributed by atoms with Crippen LogP contribution in [0.4, 0.5) is 11.5 Å². The van der Waals surface area contributed by atoms with Crippen LogP contribution in [0.1, 0.15) is 21.5 Å². The van der Waals surface area contributed by atoms with Gasteiger partial charge >= 0.3 is 0 Å². The number of phenolic OH excluding ortho intramolecular Hbond substituents is 1. The van der Waals surface area contributed by atoms with Gasteiger partial charge in [-0.15, -0.1) is 0 Å². The molecule has 0 unspecified atom stereocenters. The van der Waals surface area contributed by atoms with E-state index in [0.29, 0.717) is 33.3 Å². The van der Waals surface area contributed by atoms with E-state index >= 15 is 0 Å². The third-order valence-electron chi connectivity index (χ3n) is 5.32. The van der Waals surface area contributed by atoms with Crippen LogP contribution < -0.4 is 11.5 Å². The average molecular weight is 381 g/mol. The predicted octanol–water partition coefficient (Wildman–Crippen LogP) is 3.42. The van der Waals surface area contributed by atoms with Crippen LogP contribution in [-0.4, -0.2) is 20.6 Å². The Morgan fingerprint density at radius 3 is 2.55 bits per heavy atom. The number of hydrogen-bond donors (Lipinski definition) is 3. The van der Waals surface area contributed by atoms with Crippen LogP contribution in [0.3, 0.4) is 0 Å². The maximum atomic E-state index is 13.2. The lowest BCUT2D eigenvalue weighted by atomic mass is 9.94. The number of aryl methyl sites for hydroxylation is 1. The molecular formula is C22H15N5O2. The van der Waals surface area contributed by atoms with Gasteiger partial charge in [0.05, 0.1) is 16.8 Å². The van der Waals surface area contributed by atoms with Crippen molar-refractivity contribution in [1.29, 1.82) is 5.26 Å². The monoisotopic (exact) mass is 381 g/mol. The molecule has 0 fully saturated rings. The first kappa shape index (κ1) is 16.8. The number of fused-ring (bicyclic) bond motifs is 5. The highest BCUT2D eigenvalue weighted by Crippen LogP contribution is 2.50. The van der Waals surface area contributed by atoms with Crippen LogP contribution in [0, 0.1) is 18.3 Å². The van der Waals surface area contributed by atoms with Crippen molar-refractivity contribution >= 4 is 28.4 Å². The summed E-state index contributed by atoms with van der Waals surface area (Å²) in [6, 6.07) is 14.4. The van der Waals surface area contributed by atoms with Gasteiger partial charge in [0.15, 0.2) is 5.65 Å². The molecule has 7 heteroatoms. The summed E-state index contributed by atoms with van der Waals surface area (Å²) >= 11 is 0. The van der Waals surface area contributed by atoms with Gasteiger partial charge in [-0.1, -0.05) is 29.8 Å². The number of benzene rings is 2. The third-order valence-corrected chi connectivity index (χ3v) is 5.32. The van der Waals surface area contributed by atoms with Gasteiger partial charge in [0.2, 0.25) is 0 Å². The number of carbonyl (C=O) groups is 1. The van der Waals surface area contributed by atoms with E-state index in [1.807, 2.05) is 31.2 Å². The van der Waals surface area contributed by atoms with Crippen LogP contribution in [0.5, 0.6) is 5.75 Å². The van der Waals surface area contributed by atoms with Crippen molar-refractivity contribution in [3.8, 4) is 34.2 Å². The minimum atomic E-state index is -0.255. The van der Waals surface area contributed by atoms with Crippen molar-refractivity contribution in [2.24, 2.45) is 0 Å². The fraction of sp³-hybridized carbons (Fsp3) is 0.0455. The zero-order chi connectivity index (χ0) is 20.4. The molecule has 0 saturated carbocycles. The Morgan fingerprint density at radius 1 is 1.10 bits per heavy atom. The Balaban J connectivity index is 2.07. The molecule has 1 aliphatic rings. The molecule has 140 valence electrons. The molecule has 0 saturated heterocycles. The number of carbonyl (C=O) groups excluding carboxylic acids is 1. The second-order valence-electron chi connectivity index (χ2n) is 7.03. The zero-order valence-electron chi connectivity index (χ0n) is 15.4. The molecule has 3 heterocycles. The summed E-state index contributed by atoms with van der Waals surface area (Å²) in [5.41, 5.74) is 16.6. The third kappa shape index (κ3) is 2.05. The summed E-state index contributed by atoms with van der Waals surface area (Å²) in [7, 11) is 0. The van der Waals surface area contributed by atoms with Gasteiger partial charge in [-0.25, -0.2) is 4.98 Å². The van der Waals surface area contributed by atoms with Crippen LogP contribution in [0.2, 0.25) is 0 Å². The van der Waals surface area contributed by atoms with Crippen molar-refractivity contribution in [2.75, 3.05) is 11.5 Å². The molecule has 1 aliphatic heterocycles. The Kier molecular flexibility index (Phi) is 3.25. The Bertz CT molecular complexity index is 1430. The first-order chi connectivity index (χ1) is 13.9. The number of aromatic nitrogens is 2. The highest BCUT2D eigenvalue weighted by atomic mass is 16.3. The van der Waals surface area contributed by atoms with E-state index in [0.717, 1.165) is 5.56 Å². The van der Waals surface area contributed by atoms with Gasteiger partial charge in [-0.05, 0) is 25.1 Å². The molecule has 7 nitrogen and oxygen atoms in total. The van der Waals surface area contributed by atoms with Gasteiger partial charge < -0.3 is 16.6 Å². The van der Waals surface area contributed by atoms with Gasteiger partial charge in [-0.2, -0.15) is 5.26 Å². The van der Waals surface area contributed by atoms with Crippen LogP contribution >= 0.6 is 0 Å². The molecule has 2 aromatic carbocycles. The number of rotatable bonds is 1. The summed E-state index contributed by atoms with van der Waals surface area (Å²) < 4.78 is 1.46. The number of hydrogen-bond acceptors (Lipinski definition) is 6. The number of anilines is 2. The molecule has 5 N–H and O–H groups in total. The Hall–Kier alpha value is -4.31. The molecule has 0 atom stereocenters. The lowest BCUT2D eigenvalue weighted by Crippen LogP contribution is -2.09. The molecule has 0 bridgehead atoms. The lowest BCUT2D eigenvalue weighted by Gasteiger charge is -2.10. The molecular weight excluding hydrogens is 366 g/mol. The van der Waals surface area contributed by atoms with Crippen molar-refractivity contribution in [3.05, 3.63) is 59.2 Å². The van der Waals surface area contributed by atoms with E-state index < -0.39 is 0 Å². The van der Waals surface area contributed by atoms with E-state index in [9.17, 15) is 15.2 Å². The first-order valence-electron chi connectivity index (χ1n) is 8.91. The Morgan fingerprint density at radius 2 is 1.83 bits per heavy atom. The van der Waals surface area contributed by atoms with Crippen LogP contribution in [0.25, 0.3) is 33.4 Å². The molecule has 0 radical (unpaired) electrons. The van der Waals surface area contributed by atoms with E-state index in [-0.39, 0.29) is 34.4 Å². The number of aromatic hydroxyl groups is 1. The summed E-state index contributed by atoms with van der Waals surface area (Å²) in [5.74, 6) is -0.256. The molecule has 29 heavy (non-hydrogen) atoms. The highest BCUT2D eigenvalue weighted by molar-refractivity contribution is 6.22. The van der Waals surface area contributed by atoms with Crippen LogP contribution in [-0.2, 0) is 0 Å². The smallest absolute Gasteiger partial charge is 0.264 e. The largest absolute Gasteiger partial charge is 0.507 e. The summed E-state index contributed by atoms with van der Waals surface area (Å²) in [6.07, 6.45) is 0. The molecule has 5 rings (SSSR count). The second kappa shape index (κ2) is 5.59. The normalized spacial score (nSPS) is 12.1. The quantitative estimate of drug-likeness (QED) is 0.408. The highest BCUT2D eigenvalue weighted by Gasteiger charge is 2.35. The SMILES string of the molecule is Cc1ccc(O)c(-c2c3n(c4nc(N)c(C#N)c(N)c24)C(=O)c2ccccc2-3)c1. The number of phenols is 1. The topological polar surface area (TPSA) is 131 Å². The lowest BCUT2D eigenvalue weighted by molar-refractivity contribution is 0.0973. The molecule has 0 spiro atoms. The molecule has 4 aromatic rings. The van der Waals surface area contributed by atoms with Crippen molar-refractivity contribution < 1.29 is 9.90 Å². The molecule has 0 aliphatic carbocycles. The second-order valence-corrected chi connectivity index (χ2v) is 7.03. The van der Waals surface area contributed by atoms with E-state index in [2.05, 4.69) is 4.98 Å². The van der Waals surface area contributed by atoms with Crippen molar-refractivity contribution in [3.63, 3.8) is 0 Å². The van der Waals surface area contributed by atoms with Crippen molar-refractivity contribution in [2.45, 2.75) is 6.92 Å². The number of pyridine rings is 1. The maximum Gasteiger partial charge on any atom is 0.264 e. The standard InChI is InChI=1S/C22H15N5O2/c1-10-6-7-15(28)13(8-10)16-17-18(24)14(9-23)20(25)26-21(17)27-19(16)11-4-2-3-5-12(11)22(27)29/h2-8,28H,1H3,(H4,24,25,26). The first-order valence-corrected chi connectivity index (χ1v) is 8.91. The number of nitrogens with zero attached hydrogens (tertiary/aromatic N) is 3. The van der Waals surface area contributed by atoms with Gasteiger partial charge in [0.25, 0.3) is 5.91 Å². The summed E-state index contributed by atoms with van der Waals surface area (Å²) in [4.78, 5) is 17.5. The van der Waals surface area contributed by atoms with Gasteiger partial charge in [0.1, 0.15) is 23.2 Å². The van der Waals surface area contributed by atoms with Crippen LogP contribution in [0.15, 0.2) is 42.5 Å². The average Bonchev–Trinajstić information content (AvgIpc) is 3.18. The van der Waals surface area contributed by atoms with E-state index in [4.69, 9.17) is 11.5 Å². The minimum absolute atomic E-state index is 0.0393.